The smallest absolute Gasteiger partial charge is 0.178 e. The Balaban J connectivity index is 1.64. The van der Waals surface area contributed by atoms with E-state index >= 15 is 0 Å². The minimum absolute atomic E-state index is 0.0504. The summed E-state index contributed by atoms with van der Waals surface area (Å²) in [5.41, 5.74) is 0.884. The topological polar surface area (TPSA) is 78.6 Å². The molecule has 1 aromatic carbocycles. The van der Waals surface area contributed by atoms with Crippen LogP contribution in [-0.2, 0) is 22.7 Å². The molecule has 2 heterocycles. The van der Waals surface area contributed by atoms with Gasteiger partial charge < -0.3 is 14.0 Å². The molecule has 3 rings (SSSR count). The molecule has 1 aliphatic rings. The molecule has 0 spiro atoms. The Morgan fingerprint density at radius 3 is 2.65 bits per heavy atom. The average Bonchev–Trinajstić information content (AvgIpc) is 3.02. The summed E-state index contributed by atoms with van der Waals surface area (Å²) in [7, 11) is -3.36. The number of ether oxygens (including phenoxy) is 2. The molecule has 6 nitrogen and oxygen atoms in total. The summed E-state index contributed by atoms with van der Waals surface area (Å²) in [5, 5.41) is 3.90. The van der Waals surface area contributed by atoms with Crippen molar-refractivity contribution in [3.8, 4) is 11.5 Å². The molecule has 0 aliphatic carbocycles. The number of nitrogens with zero attached hydrogens (tertiary/aromatic N) is 1. The average molecular weight is 337 g/mol. The van der Waals surface area contributed by atoms with Gasteiger partial charge in [0.1, 0.15) is 19.0 Å². The first-order valence-corrected chi connectivity index (χ1v) is 9.30. The zero-order valence-electron chi connectivity index (χ0n) is 12.9. The van der Waals surface area contributed by atoms with E-state index in [4.69, 9.17) is 14.0 Å². The normalized spacial score (nSPS) is 14.0. The summed E-state index contributed by atoms with van der Waals surface area (Å²) in [5.74, 6) is 1.85. The summed E-state index contributed by atoms with van der Waals surface area (Å²) < 4.78 is 40.9. The maximum absolute atomic E-state index is 12.4. The van der Waals surface area contributed by atoms with Crippen molar-refractivity contribution in [3.05, 3.63) is 35.7 Å². The van der Waals surface area contributed by atoms with Crippen LogP contribution in [0.25, 0.3) is 0 Å². The number of sulfone groups is 1. The molecule has 0 saturated carbocycles. The molecule has 2 aromatic rings. The van der Waals surface area contributed by atoms with Crippen molar-refractivity contribution in [3.63, 3.8) is 0 Å². The van der Waals surface area contributed by atoms with Crippen LogP contribution in [0, 0.1) is 0 Å². The van der Waals surface area contributed by atoms with Crippen molar-refractivity contribution in [2.24, 2.45) is 0 Å². The van der Waals surface area contributed by atoms with Gasteiger partial charge in [0.05, 0.1) is 16.3 Å². The molecule has 0 N–H and O–H groups in total. The lowest BCUT2D eigenvalue weighted by Crippen LogP contribution is -2.16. The lowest BCUT2D eigenvalue weighted by Gasteiger charge is -2.18. The number of rotatable bonds is 6. The summed E-state index contributed by atoms with van der Waals surface area (Å²) >= 11 is 0. The van der Waals surface area contributed by atoms with E-state index < -0.39 is 9.84 Å². The highest BCUT2D eigenvalue weighted by Crippen LogP contribution is 2.32. The van der Waals surface area contributed by atoms with Crippen LogP contribution in [0.15, 0.2) is 33.7 Å². The highest BCUT2D eigenvalue weighted by Gasteiger charge is 2.19. The quantitative estimate of drug-likeness (QED) is 0.805. The van der Waals surface area contributed by atoms with E-state index in [2.05, 4.69) is 5.16 Å². The molecule has 23 heavy (non-hydrogen) atoms. The summed E-state index contributed by atoms with van der Waals surface area (Å²) in [6.07, 6.45) is 1.84. The molecule has 0 fully saturated rings. The van der Waals surface area contributed by atoms with E-state index in [1.807, 2.05) is 13.0 Å². The van der Waals surface area contributed by atoms with E-state index in [1.165, 1.54) is 6.07 Å². The highest BCUT2D eigenvalue weighted by atomic mass is 32.2. The van der Waals surface area contributed by atoms with Crippen LogP contribution in [0.3, 0.4) is 0 Å². The van der Waals surface area contributed by atoms with E-state index in [0.717, 1.165) is 17.9 Å². The van der Waals surface area contributed by atoms with Crippen LogP contribution in [-0.4, -0.2) is 32.5 Å². The first-order chi connectivity index (χ1) is 11.1. The molecule has 0 radical (unpaired) electrons. The molecule has 0 bridgehead atoms. The number of aryl methyl sites for hydroxylation is 2. The van der Waals surface area contributed by atoms with Gasteiger partial charge in [-0.25, -0.2) is 8.42 Å². The van der Waals surface area contributed by atoms with Gasteiger partial charge in [-0.3, -0.25) is 0 Å². The van der Waals surface area contributed by atoms with E-state index in [-0.39, 0.29) is 10.6 Å². The van der Waals surface area contributed by atoms with Gasteiger partial charge in [0.15, 0.2) is 21.3 Å². The van der Waals surface area contributed by atoms with Crippen LogP contribution in [0.1, 0.15) is 24.8 Å². The fraction of sp³-hybridized carbons (Fsp3) is 0.438. The van der Waals surface area contributed by atoms with Gasteiger partial charge in [0, 0.05) is 18.6 Å². The van der Waals surface area contributed by atoms with Gasteiger partial charge in [0.25, 0.3) is 0 Å². The van der Waals surface area contributed by atoms with Crippen molar-refractivity contribution >= 4 is 9.84 Å². The Morgan fingerprint density at radius 2 is 1.91 bits per heavy atom. The Morgan fingerprint density at radius 1 is 1.13 bits per heavy atom. The van der Waals surface area contributed by atoms with Crippen molar-refractivity contribution in [1.82, 2.24) is 5.16 Å². The largest absolute Gasteiger partial charge is 0.486 e. The molecule has 124 valence electrons. The molecule has 0 amide bonds. The predicted octanol–water partition coefficient (Wildman–Crippen LogP) is 2.41. The van der Waals surface area contributed by atoms with Gasteiger partial charge in [-0.1, -0.05) is 12.1 Å². The molecule has 7 heteroatoms. The molecule has 1 aliphatic heterocycles. The molecular formula is C16H19NO5S. The van der Waals surface area contributed by atoms with Gasteiger partial charge in [-0.15, -0.1) is 0 Å². The monoisotopic (exact) mass is 337 g/mol. The van der Waals surface area contributed by atoms with Crippen molar-refractivity contribution in [1.29, 1.82) is 0 Å². The number of hydrogen-bond acceptors (Lipinski definition) is 6. The van der Waals surface area contributed by atoms with Crippen molar-refractivity contribution in [2.75, 3.05) is 19.0 Å². The third-order valence-electron chi connectivity index (χ3n) is 3.68. The Bertz CT molecular complexity index is 782. The fourth-order valence-corrected chi connectivity index (χ4v) is 3.73. The van der Waals surface area contributed by atoms with Crippen LogP contribution in [0.2, 0.25) is 0 Å². The van der Waals surface area contributed by atoms with Crippen LogP contribution >= 0.6 is 0 Å². The second-order valence-corrected chi connectivity index (χ2v) is 7.48. The second-order valence-electron chi connectivity index (χ2n) is 5.37. The minimum atomic E-state index is -3.36. The van der Waals surface area contributed by atoms with Crippen molar-refractivity contribution in [2.45, 2.75) is 31.1 Å². The standard InChI is InChI=1S/C16H19NO5S/c1-2-12-10-13(22-17-12)4-3-9-23(18,19)14-5-6-15-16(11-14)21-8-7-20-15/h5-6,10-11H,2-4,7-9H2,1H3. The van der Waals surface area contributed by atoms with E-state index in [1.54, 1.807) is 12.1 Å². The maximum atomic E-state index is 12.4. The second kappa shape index (κ2) is 6.62. The molecule has 0 atom stereocenters. The number of benzene rings is 1. The molecule has 0 unspecified atom stereocenters. The van der Waals surface area contributed by atoms with Crippen LogP contribution < -0.4 is 9.47 Å². The fourth-order valence-electron chi connectivity index (χ4n) is 2.41. The first kappa shape index (κ1) is 15.9. The number of fused-ring (bicyclic) bond motifs is 1. The summed E-state index contributed by atoms with van der Waals surface area (Å²) in [4.78, 5) is 0.258. The third-order valence-corrected chi connectivity index (χ3v) is 5.48. The number of aromatic nitrogens is 1. The molecular weight excluding hydrogens is 318 g/mol. The minimum Gasteiger partial charge on any atom is -0.486 e. The Kier molecular flexibility index (Phi) is 4.56. The lowest BCUT2D eigenvalue weighted by molar-refractivity contribution is 0.171. The predicted molar refractivity (Wildman–Crippen MR) is 83.7 cm³/mol. The van der Waals surface area contributed by atoms with E-state index in [9.17, 15) is 8.42 Å². The van der Waals surface area contributed by atoms with Crippen LogP contribution in [0.5, 0.6) is 11.5 Å². The zero-order valence-corrected chi connectivity index (χ0v) is 13.8. The molecule has 0 saturated heterocycles. The maximum Gasteiger partial charge on any atom is 0.178 e. The van der Waals surface area contributed by atoms with Gasteiger partial charge in [-0.2, -0.15) is 0 Å². The number of hydrogen-bond donors (Lipinski definition) is 0. The van der Waals surface area contributed by atoms with Crippen molar-refractivity contribution < 1.29 is 22.4 Å². The molecule has 1 aromatic heterocycles. The summed E-state index contributed by atoms with van der Waals surface area (Å²) in [6, 6.07) is 6.61. The Hall–Kier alpha value is -2.02. The Labute approximate surface area is 135 Å². The van der Waals surface area contributed by atoms with Gasteiger partial charge >= 0.3 is 0 Å². The zero-order chi connectivity index (χ0) is 16.3. The SMILES string of the molecule is CCc1cc(CCCS(=O)(=O)c2ccc3c(c2)OCCO3)on1. The van der Waals surface area contributed by atoms with Crippen LogP contribution in [0.4, 0.5) is 0 Å². The van der Waals surface area contributed by atoms with Gasteiger partial charge in [-0.05, 0) is 25.0 Å². The first-order valence-electron chi connectivity index (χ1n) is 7.65. The van der Waals surface area contributed by atoms with Gasteiger partial charge in [0.2, 0.25) is 0 Å². The summed E-state index contributed by atoms with van der Waals surface area (Å²) in [6.45, 7) is 2.91. The lowest BCUT2D eigenvalue weighted by atomic mass is 10.2. The van der Waals surface area contributed by atoms with E-state index in [0.29, 0.717) is 37.6 Å². The highest BCUT2D eigenvalue weighted by molar-refractivity contribution is 7.91. The third kappa shape index (κ3) is 3.67.